The molecule has 0 spiro atoms. The van der Waals surface area contributed by atoms with Crippen LogP contribution in [0.4, 0.5) is 8.78 Å². The quantitative estimate of drug-likeness (QED) is 0.284. The van der Waals surface area contributed by atoms with Gasteiger partial charge in [-0.1, -0.05) is 0 Å². The van der Waals surface area contributed by atoms with Gasteiger partial charge < -0.3 is 0 Å². The zero-order valence-corrected chi connectivity index (χ0v) is 27.3. The van der Waals surface area contributed by atoms with Gasteiger partial charge in [0, 0.05) is 0 Å². The van der Waals surface area contributed by atoms with Gasteiger partial charge in [-0.15, -0.1) is 24.8 Å². The average molecular weight is 686 g/mol. The fraction of sp³-hybridized carbons (Fsp3) is 0.286. The first kappa shape index (κ1) is 29.2. The van der Waals surface area contributed by atoms with Crippen LogP contribution in [-0.2, 0) is 17.1 Å². The molecule has 0 aromatic heterocycles. The van der Waals surface area contributed by atoms with Crippen molar-refractivity contribution in [1.82, 2.24) is 0 Å². The fourth-order valence-corrected chi connectivity index (χ4v) is 38.0. The summed E-state index contributed by atoms with van der Waals surface area (Å²) in [6, 6.07) is 13.9. The summed E-state index contributed by atoms with van der Waals surface area (Å²) < 4.78 is 36.2. The molecule has 6 heteroatoms. The molecule has 2 unspecified atom stereocenters. The van der Waals surface area contributed by atoms with Crippen LogP contribution in [-0.4, -0.2) is 6.94 Å². The van der Waals surface area contributed by atoms with Crippen molar-refractivity contribution in [1.29, 1.82) is 0 Å². The Kier molecular flexibility index (Phi) is 8.68. The van der Waals surface area contributed by atoms with E-state index < -0.39 is 17.1 Å². The topological polar surface area (TPSA) is 0 Å². The maximum Gasteiger partial charge on any atom is -0.147 e. The molecule has 0 aliphatic heterocycles. The Labute approximate surface area is 217 Å². The van der Waals surface area contributed by atoms with Gasteiger partial charge in [-0.05, 0) is 0 Å². The average Bonchev–Trinajstić information content (AvgIpc) is 3.17. The van der Waals surface area contributed by atoms with E-state index in [2.05, 4.69) is 56.1 Å². The molecule has 0 bridgehead atoms. The Balaban J connectivity index is 0.00000204. The second-order valence-electron chi connectivity index (χ2n) is 10.5. The largest absolute Gasteiger partial charge is 0.147 e. The Hall–Kier alpha value is -1.07. The molecule has 0 radical (unpaired) electrons. The minimum atomic E-state index is -3.73. The molecule has 4 rings (SSSR count). The van der Waals surface area contributed by atoms with Gasteiger partial charge in [0.2, 0.25) is 0 Å². The number of benzene rings is 2. The van der Waals surface area contributed by atoms with Crippen LogP contribution < -0.4 is 0 Å². The zero-order chi connectivity index (χ0) is 23.4. The van der Waals surface area contributed by atoms with E-state index in [0.717, 1.165) is 11.1 Å². The molecule has 182 valence electrons. The third-order valence-corrected chi connectivity index (χ3v) is 32.0. The summed E-state index contributed by atoms with van der Waals surface area (Å²) in [6.07, 6.45) is 4.65. The number of rotatable bonds is 4. The number of hydrogen-bond donors (Lipinski definition) is 0. The minimum absolute atomic E-state index is 0. The van der Waals surface area contributed by atoms with Crippen molar-refractivity contribution in [3.05, 3.63) is 101 Å². The SMILES string of the molecule is CC1=[C]([Hf]([CH3])([CH3])(=[SiH2])[C]2=C(C)C(c3cccc(F)c3)=CC2C)C(C)C=C1c1cccc(F)c1.Cl.Cl. The fourth-order valence-electron chi connectivity index (χ4n) is 6.64. The van der Waals surface area contributed by atoms with Gasteiger partial charge in [0.1, 0.15) is 0 Å². The van der Waals surface area contributed by atoms with Crippen molar-refractivity contribution in [2.45, 2.75) is 37.1 Å². The maximum atomic E-state index is 14.0. The maximum absolute atomic E-state index is 14.0. The van der Waals surface area contributed by atoms with Crippen LogP contribution in [0.15, 0.2) is 78.5 Å². The van der Waals surface area contributed by atoms with Gasteiger partial charge in [0.15, 0.2) is 0 Å². The van der Waals surface area contributed by atoms with Gasteiger partial charge in [0.05, 0.1) is 0 Å². The summed E-state index contributed by atoms with van der Waals surface area (Å²) >= 11 is -3.73. The summed E-state index contributed by atoms with van der Waals surface area (Å²) in [7, 11) is 0. The summed E-state index contributed by atoms with van der Waals surface area (Å²) in [5.41, 5.74) is 6.92. The molecule has 0 amide bonds. The second kappa shape index (κ2) is 10.1. The Morgan fingerprint density at radius 2 is 1.06 bits per heavy atom. The molecule has 2 aliphatic carbocycles. The molecular formula is C28H34Cl2F2HfSi. The van der Waals surface area contributed by atoms with E-state index in [9.17, 15) is 8.78 Å². The normalized spacial score (nSPS) is 20.6. The zero-order valence-electron chi connectivity index (χ0n) is 20.7. The second-order valence-corrected chi connectivity index (χ2v) is 51.1. The van der Waals surface area contributed by atoms with Crippen LogP contribution in [0.25, 0.3) is 11.1 Å². The molecule has 34 heavy (non-hydrogen) atoms. The standard InChI is InChI=1S/2C13H12F.2CH3.2ClH.Hf.H2Si/c2*1-9-6-10(2)13(7-9)11-4-3-5-12(14)8-11;;;;;;/h2*3-5,7-9H,1-2H3;2*1H3;2*1H;;1H2. The number of allylic oxidation sites excluding steroid dienone is 8. The predicted molar refractivity (Wildman–Crippen MR) is 147 cm³/mol. The molecule has 0 fully saturated rings. The first-order valence-electron chi connectivity index (χ1n) is 11.4. The van der Waals surface area contributed by atoms with Crippen LogP contribution in [0.1, 0.15) is 38.8 Å². The van der Waals surface area contributed by atoms with Crippen molar-refractivity contribution < 1.29 is 25.9 Å². The molecule has 0 saturated carbocycles. The van der Waals surface area contributed by atoms with E-state index in [4.69, 9.17) is 0 Å². The van der Waals surface area contributed by atoms with E-state index in [1.165, 1.54) is 34.4 Å². The van der Waals surface area contributed by atoms with Crippen molar-refractivity contribution in [3.63, 3.8) is 0 Å². The Morgan fingerprint density at radius 1 is 0.706 bits per heavy atom. The Morgan fingerprint density at radius 3 is 1.38 bits per heavy atom. The van der Waals surface area contributed by atoms with E-state index in [-0.39, 0.29) is 36.4 Å². The summed E-state index contributed by atoms with van der Waals surface area (Å²) in [4.78, 5) is 0. The summed E-state index contributed by atoms with van der Waals surface area (Å²) in [5, 5.41) is 0. The van der Waals surface area contributed by atoms with Gasteiger partial charge in [-0.25, -0.2) is 0 Å². The number of hydrogen-bond acceptors (Lipinski definition) is 0. The minimum Gasteiger partial charge on any atom is -0.147 e. The van der Waals surface area contributed by atoms with Gasteiger partial charge >= 0.3 is 194 Å². The van der Waals surface area contributed by atoms with Crippen molar-refractivity contribution in [2.24, 2.45) is 11.8 Å². The van der Waals surface area contributed by atoms with Crippen molar-refractivity contribution in [2.75, 3.05) is 0 Å². The first-order chi connectivity index (χ1) is 14.9. The van der Waals surface area contributed by atoms with Crippen LogP contribution in [0.3, 0.4) is 0 Å². The molecule has 2 atom stereocenters. The third-order valence-electron chi connectivity index (χ3n) is 7.36. The van der Waals surface area contributed by atoms with E-state index >= 15 is 0 Å². The van der Waals surface area contributed by atoms with Crippen molar-refractivity contribution in [3.8, 4) is 0 Å². The third kappa shape index (κ3) is 4.93. The van der Waals surface area contributed by atoms with E-state index in [1.807, 2.05) is 12.1 Å². The van der Waals surface area contributed by atoms with Crippen LogP contribution in [0, 0.1) is 23.5 Å². The van der Waals surface area contributed by atoms with Crippen LogP contribution >= 0.6 is 24.8 Å². The molecule has 0 N–H and O–H groups in total. The molecular weight excluding hydrogens is 652 g/mol. The molecule has 0 heterocycles. The van der Waals surface area contributed by atoms with Crippen molar-refractivity contribution >= 4 is 42.9 Å². The molecule has 2 aromatic carbocycles. The first-order valence-corrected chi connectivity index (χ1v) is 30.5. The monoisotopic (exact) mass is 686 g/mol. The van der Waals surface area contributed by atoms with E-state index in [1.54, 1.807) is 30.9 Å². The van der Waals surface area contributed by atoms with E-state index in [0.29, 0.717) is 11.8 Å². The number of halogens is 4. The molecule has 0 saturated heterocycles. The van der Waals surface area contributed by atoms with Gasteiger partial charge in [-0.3, -0.25) is 0 Å². The molecule has 0 nitrogen and oxygen atoms in total. The van der Waals surface area contributed by atoms with Gasteiger partial charge in [-0.2, -0.15) is 0 Å². The predicted octanol–water partition coefficient (Wildman–Crippen LogP) is 8.46. The molecule has 2 aliphatic rings. The van der Waals surface area contributed by atoms with Crippen LogP contribution in [0.5, 0.6) is 0 Å². The van der Waals surface area contributed by atoms with Crippen LogP contribution in [0.2, 0.25) is 9.36 Å². The van der Waals surface area contributed by atoms with Gasteiger partial charge in [0.25, 0.3) is 0 Å². The summed E-state index contributed by atoms with van der Waals surface area (Å²) in [5.74, 6) is 0.283. The Bertz CT molecular complexity index is 1230. The smallest absolute Gasteiger partial charge is 0.147 e. The molecule has 2 aromatic rings. The summed E-state index contributed by atoms with van der Waals surface area (Å²) in [6.45, 7) is 11.3.